The van der Waals surface area contributed by atoms with E-state index in [0.717, 1.165) is 49.4 Å². The third kappa shape index (κ3) is 2.91. The summed E-state index contributed by atoms with van der Waals surface area (Å²) >= 11 is 5.92. The van der Waals surface area contributed by atoms with Crippen LogP contribution in [0.1, 0.15) is 0 Å². The third-order valence-corrected chi connectivity index (χ3v) is 4.49. The molecule has 1 aromatic carbocycles. The number of benzene rings is 1. The van der Waals surface area contributed by atoms with Gasteiger partial charge in [0.25, 0.3) is 5.91 Å². The van der Waals surface area contributed by atoms with E-state index in [4.69, 9.17) is 11.6 Å². The number of hydrogen-bond acceptors (Lipinski definition) is 2. The van der Waals surface area contributed by atoms with Crippen LogP contribution in [-0.4, -0.2) is 61.1 Å². The first-order chi connectivity index (χ1) is 9.15. The number of nitrogens with one attached hydrogen (secondary N) is 1. The highest BCUT2D eigenvalue weighted by Gasteiger charge is 2.39. The lowest BCUT2D eigenvalue weighted by atomic mass is 10.1. The van der Waals surface area contributed by atoms with Crippen LogP contribution in [-0.2, 0) is 4.79 Å². The van der Waals surface area contributed by atoms with E-state index in [2.05, 4.69) is 10.2 Å². The van der Waals surface area contributed by atoms with Gasteiger partial charge < -0.3 is 9.80 Å². The van der Waals surface area contributed by atoms with Gasteiger partial charge in [0.05, 0.1) is 19.6 Å². The van der Waals surface area contributed by atoms with E-state index in [0.29, 0.717) is 11.6 Å². The molecule has 1 N–H and O–H groups in total. The summed E-state index contributed by atoms with van der Waals surface area (Å²) < 4.78 is 0.947. The van der Waals surface area contributed by atoms with E-state index in [1.54, 1.807) is 6.07 Å². The number of piperazine rings is 3. The first-order valence-corrected chi connectivity index (χ1v) is 7.16. The summed E-state index contributed by atoms with van der Waals surface area (Å²) in [5, 5.41) is 3.60. The molecule has 3 aliphatic heterocycles. The van der Waals surface area contributed by atoms with Gasteiger partial charge in [0, 0.05) is 30.3 Å². The normalized spacial score (nSPS) is 29.2. The van der Waals surface area contributed by atoms with Crippen LogP contribution in [0.4, 0.5) is 5.69 Å². The van der Waals surface area contributed by atoms with Gasteiger partial charge in [0.15, 0.2) is 6.54 Å². The molecule has 3 fully saturated rings. The van der Waals surface area contributed by atoms with E-state index in [1.807, 2.05) is 18.2 Å². The van der Waals surface area contributed by atoms with Crippen LogP contribution in [0, 0.1) is 0 Å². The Kier molecular flexibility index (Phi) is 3.48. The molecule has 0 aromatic heterocycles. The second kappa shape index (κ2) is 5.12. The molecule has 2 bridgehead atoms. The molecule has 0 atom stereocenters. The van der Waals surface area contributed by atoms with Crippen molar-refractivity contribution >= 4 is 23.2 Å². The van der Waals surface area contributed by atoms with Crippen molar-refractivity contribution in [2.24, 2.45) is 0 Å². The molecule has 4 nitrogen and oxygen atoms in total. The SMILES string of the molecule is O=C(C[N+]12CCN(CC1)CC2)Nc1cccc(Cl)c1. The maximum Gasteiger partial charge on any atom is 0.279 e. The van der Waals surface area contributed by atoms with Gasteiger partial charge >= 0.3 is 0 Å². The summed E-state index contributed by atoms with van der Waals surface area (Å²) in [6, 6.07) is 7.32. The molecule has 1 aromatic rings. The predicted molar refractivity (Wildman–Crippen MR) is 76.3 cm³/mol. The van der Waals surface area contributed by atoms with Gasteiger partial charge in [0.1, 0.15) is 0 Å². The van der Waals surface area contributed by atoms with Crippen LogP contribution in [0.25, 0.3) is 0 Å². The standard InChI is InChI=1S/C14H18ClN3O/c15-12-2-1-3-13(10-12)16-14(19)11-18-7-4-17(5-8-18)6-9-18/h1-3,10H,4-9,11H2/p+1. The smallest absolute Gasteiger partial charge is 0.279 e. The van der Waals surface area contributed by atoms with E-state index >= 15 is 0 Å². The minimum Gasteiger partial charge on any atom is -0.321 e. The Morgan fingerprint density at radius 3 is 2.58 bits per heavy atom. The number of hydrogen-bond donors (Lipinski definition) is 1. The first-order valence-electron chi connectivity index (χ1n) is 6.78. The Bertz CT molecular complexity index is 470. The van der Waals surface area contributed by atoms with Gasteiger partial charge in [-0.3, -0.25) is 9.69 Å². The monoisotopic (exact) mass is 280 g/mol. The van der Waals surface area contributed by atoms with Crippen molar-refractivity contribution < 1.29 is 9.28 Å². The Labute approximate surface area is 118 Å². The summed E-state index contributed by atoms with van der Waals surface area (Å²) in [5.41, 5.74) is 0.784. The summed E-state index contributed by atoms with van der Waals surface area (Å²) in [6.07, 6.45) is 0. The fraction of sp³-hybridized carbons (Fsp3) is 0.500. The summed E-state index contributed by atoms with van der Waals surface area (Å²) in [4.78, 5) is 14.7. The van der Waals surface area contributed by atoms with Gasteiger partial charge in [-0.05, 0) is 18.2 Å². The molecule has 1 amide bonds. The minimum absolute atomic E-state index is 0.0950. The van der Waals surface area contributed by atoms with Crippen LogP contribution in [0.2, 0.25) is 5.02 Å². The van der Waals surface area contributed by atoms with Gasteiger partial charge in [0.2, 0.25) is 0 Å². The van der Waals surface area contributed by atoms with Gasteiger partial charge in [-0.2, -0.15) is 0 Å². The van der Waals surface area contributed by atoms with Crippen LogP contribution in [0.5, 0.6) is 0 Å². The number of amides is 1. The predicted octanol–water partition coefficient (Wildman–Crippen LogP) is 1.42. The Hall–Kier alpha value is -1.10. The Morgan fingerprint density at radius 2 is 1.95 bits per heavy atom. The Balaban J connectivity index is 1.62. The summed E-state index contributed by atoms with van der Waals surface area (Å²) in [6.45, 7) is 7.27. The van der Waals surface area contributed by atoms with Gasteiger partial charge in [-0.25, -0.2) is 0 Å². The molecule has 102 valence electrons. The largest absolute Gasteiger partial charge is 0.321 e. The van der Waals surface area contributed by atoms with Crippen molar-refractivity contribution in [3.05, 3.63) is 29.3 Å². The van der Waals surface area contributed by atoms with Crippen molar-refractivity contribution in [1.82, 2.24) is 4.90 Å². The molecule has 0 saturated carbocycles. The second-order valence-electron chi connectivity index (χ2n) is 5.57. The highest BCUT2D eigenvalue weighted by atomic mass is 35.5. The van der Waals surface area contributed by atoms with Crippen molar-refractivity contribution in [1.29, 1.82) is 0 Å². The van der Waals surface area contributed by atoms with E-state index in [9.17, 15) is 4.79 Å². The lowest BCUT2D eigenvalue weighted by Crippen LogP contribution is -2.68. The van der Waals surface area contributed by atoms with Crippen LogP contribution >= 0.6 is 11.6 Å². The van der Waals surface area contributed by atoms with E-state index < -0.39 is 0 Å². The van der Waals surface area contributed by atoms with Crippen LogP contribution in [0.3, 0.4) is 0 Å². The molecule has 3 heterocycles. The first kappa shape index (κ1) is 12.9. The van der Waals surface area contributed by atoms with Crippen molar-refractivity contribution in [3.8, 4) is 0 Å². The zero-order chi connectivity index (χ0) is 13.3. The molecule has 4 rings (SSSR count). The molecule has 0 radical (unpaired) electrons. The number of carbonyl (C=O) groups is 1. The fourth-order valence-corrected chi connectivity index (χ4v) is 3.23. The zero-order valence-corrected chi connectivity index (χ0v) is 11.7. The molecular formula is C14H19ClN3O+. The van der Waals surface area contributed by atoms with Crippen LogP contribution < -0.4 is 5.32 Å². The van der Waals surface area contributed by atoms with Crippen LogP contribution in [0.15, 0.2) is 24.3 Å². The van der Waals surface area contributed by atoms with Crippen molar-refractivity contribution in [3.63, 3.8) is 0 Å². The number of fused-ring (bicyclic) bond motifs is 3. The Morgan fingerprint density at radius 1 is 1.26 bits per heavy atom. The quantitative estimate of drug-likeness (QED) is 0.850. The van der Waals surface area contributed by atoms with Gasteiger partial charge in [-0.1, -0.05) is 17.7 Å². The fourth-order valence-electron chi connectivity index (χ4n) is 3.04. The van der Waals surface area contributed by atoms with E-state index in [-0.39, 0.29) is 5.91 Å². The van der Waals surface area contributed by atoms with Gasteiger partial charge in [-0.15, -0.1) is 0 Å². The number of rotatable bonds is 3. The van der Waals surface area contributed by atoms with Crippen molar-refractivity contribution in [2.75, 3.05) is 51.1 Å². The molecule has 19 heavy (non-hydrogen) atoms. The number of carbonyl (C=O) groups excluding carboxylic acids is 1. The lowest BCUT2D eigenvalue weighted by Gasteiger charge is -2.50. The average molecular weight is 281 g/mol. The van der Waals surface area contributed by atoms with E-state index in [1.165, 1.54) is 0 Å². The highest BCUT2D eigenvalue weighted by Crippen LogP contribution is 2.20. The van der Waals surface area contributed by atoms with Crippen molar-refractivity contribution in [2.45, 2.75) is 0 Å². The molecule has 0 aliphatic carbocycles. The average Bonchev–Trinajstić information content (AvgIpc) is 2.40. The maximum atomic E-state index is 12.2. The minimum atomic E-state index is 0.0950. The summed E-state index contributed by atoms with van der Waals surface area (Å²) in [7, 11) is 0. The topological polar surface area (TPSA) is 32.3 Å². The summed E-state index contributed by atoms with van der Waals surface area (Å²) in [5.74, 6) is 0.0950. The molecule has 3 aliphatic rings. The highest BCUT2D eigenvalue weighted by molar-refractivity contribution is 6.30. The molecule has 0 spiro atoms. The molecule has 0 unspecified atom stereocenters. The third-order valence-electron chi connectivity index (χ3n) is 4.26. The maximum absolute atomic E-state index is 12.2. The number of anilines is 1. The second-order valence-corrected chi connectivity index (χ2v) is 6.01. The lowest BCUT2D eigenvalue weighted by molar-refractivity contribution is -0.933. The number of nitrogens with zero attached hydrogens (tertiary/aromatic N) is 2. The zero-order valence-electron chi connectivity index (χ0n) is 10.9. The molecular weight excluding hydrogens is 262 g/mol. The molecule has 3 saturated heterocycles. The number of quaternary nitrogens is 1. The molecule has 5 heteroatoms. The number of halogens is 1.